The average Bonchev–Trinajstić information content (AvgIpc) is 2.91. The third-order valence-electron chi connectivity index (χ3n) is 5.21. The second-order valence-corrected chi connectivity index (χ2v) is 6.69. The molecular weight excluding hydrogens is 206 g/mol. The van der Waals surface area contributed by atoms with E-state index < -0.39 is 0 Å². The lowest BCUT2D eigenvalue weighted by atomic mass is 9.86. The molecule has 1 saturated heterocycles. The van der Waals surface area contributed by atoms with Crippen LogP contribution >= 0.6 is 0 Å². The lowest BCUT2D eigenvalue weighted by Crippen LogP contribution is -2.50. The first-order chi connectivity index (χ1) is 8.19. The zero-order valence-corrected chi connectivity index (χ0v) is 12.2. The fourth-order valence-electron chi connectivity index (χ4n) is 4.29. The van der Waals surface area contributed by atoms with Crippen molar-refractivity contribution in [1.29, 1.82) is 0 Å². The van der Waals surface area contributed by atoms with E-state index >= 15 is 0 Å². The Morgan fingerprint density at radius 2 is 1.88 bits per heavy atom. The van der Waals surface area contributed by atoms with Crippen LogP contribution in [0, 0.1) is 5.92 Å². The Hall–Kier alpha value is -0.0400. The Bertz CT molecular complexity index is 238. The van der Waals surface area contributed by atoms with Gasteiger partial charge < -0.3 is 0 Å². The molecule has 2 rings (SSSR count). The van der Waals surface area contributed by atoms with Crippen molar-refractivity contribution >= 4 is 0 Å². The van der Waals surface area contributed by atoms with Crippen LogP contribution in [0.1, 0.15) is 78.6 Å². The Labute approximate surface area is 108 Å². The van der Waals surface area contributed by atoms with E-state index in [1.54, 1.807) is 0 Å². The van der Waals surface area contributed by atoms with Gasteiger partial charge >= 0.3 is 0 Å². The van der Waals surface area contributed by atoms with Gasteiger partial charge in [0.1, 0.15) is 0 Å². The van der Waals surface area contributed by atoms with Gasteiger partial charge in [-0.1, -0.05) is 39.5 Å². The second-order valence-electron chi connectivity index (χ2n) is 6.69. The molecule has 1 saturated carbocycles. The van der Waals surface area contributed by atoms with Gasteiger partial charge in [-0.3, -0.25) is 4.90 Å². The van der Waals surface area contributed by atoms with E-state index in [0.29, 0.717) is 5.54 Å². The predicted molar refractivity (Wildman–Crippen MR) is 75.3 cm³/mol. The summed E-state index contributed by atoms with van der Waals surface area (Å²) in [5, 5.41) is 0. The molecule has 0 aromatic rings. The quantitative estimate of drug-likeness (QED) is 0.584. The molecule has 1 heterocycles. The van der Waals surface area contributed by atoms with Gasteiger partial charge in [0.2, 0.25) is 0 Å². The fourth-order valence-corrected chi connectivity index (χ4v) is 4.29. The summed E-state index contributed by atoms with van der Waals surface area (Å²) in [4.78, 5) is 2.90. The largest absolute Gasteiger partial charge is 0.295 e. The molecule has 100 valence electrons. The molecule has 0 spiro atoms. The van der Waals surface area contributed by atoms with Gasteiger partial charge in [-0.2, -0.15) is 0 Å². The van der Waals surface area contributed by atoms with E-state index in [1.165, 1.54) is 64.3 Å². The third-order valence-corrected chi connectivity index (χ3v) is 5.21. The molecule has 17 heavy (non-hydrogen) atoms. The van der Waals surface area contributed by atoms with Crippen molar-refractivity contribution in [3.05, 3.63) is 0 Å². The number of unbranched alkanes of at least 4 members (excludes halogenated alkanes) is 2. The molecule has 1 nitrogen and oxygen atoms in total. The van der Waals surface area contributed by atoms with Gasteiger partial charge in [0.05, 0.1) is 0 Å². The molecule has 2 bridgehead atoms. The number of rotatable bonds is 7. The number of fused-ring (bicyclic) bond motifs is 2. The van der Waals surface area contributed by atoms with E-state index in [1.807, 2.05) is 0 Å². The molecule has 2 aliphatic rings. The second kappa shape index (κ2) is 5.73. The number of piperidine rings is 1. The molecule has 3 unspecified atom stereocenters. The first kappa shape index (κ1) is 13.4. The summed E-state index contributed by atoms with van der Waals surface area (Å²) in [6.07, 6.45) is 12.9. The first-order valence-corrected chi connectivity index (χ1v) is 7.96. The van der Waals surface area contributed by atoms with Crippen LogP contribution in [-0.4, -0.2) is 23.0 Å². The molecule has 2 fully saturated rings. The zero-order chi connectivity index (χ0) is 12.3. The molecule has 3 atom stereocenters. The van der Waals surface area contributed by atoms with E-state index in [0.717, 1.165) is 12.0 Å². The summed E-state index contributed by atoms with van der Waals surface area (Å²) in [5.41, 5.74) is 0.518. The Morgan fingerprint density at radius 3 is 2.41 bits per heavy atom. The van der Waals surface area contributed by atoms with E-state index in [2.05, 4.69) is 25.7 Å². The van der Waals surface area contributed by atoms with Crippen LogP contribution < -0.4 is 0 Å². The van der Waals surface area contributed by atoms with Crippen molar-refractivity contribution in [2.24, 2.45) is 5.92 Å². The highest BCUT2D eigenvalue weighted by Gasteiger charge is 2.45. The predicted octanol–water partition coefficient (Wildman–Crippen LogP) is 4.61. The van der Waals surface area contributed by atoms with Gasteiger partial charge in [-0.15, -0.1) is 0 Å². The van der Waals surface area contributed by atoms with Crippen molar-refractivity contribution in [2.45, 2.75) is 90.1 Å². The highest BCUT2D eigenvalue weighted by atomic mass is 15.3. The van der Waals surface area contributed by atoms with E-state index in [-0.39, 0.29) is 0 Å². The van der Waals surface area contributed by atoms with Crippen molar-refractivity contribution in [1.82, 2.24) is 4.90 Å². The molecule has 0 amide bonds. The molecule has 0 aromatic heterocycles. The average molecular weight is 237 g/mol. The standard InChI is InChI=1S/C16H31N/c1-4-6-7-11-16(3,10-5-2)17-13-14-8-9-15(17)12-14/h14-15H,4-13H2,1-3H3. The highest BCUT2D eigenvalue weighted by Crippen LogP contribution is 2.44. The topological polar surface area (TPSA) is 3.24 Å². The maximum Gasteiger partial charge on any atom is 0.0184 e. The minimum Gasteiger partial charge on any atom is -0.295 e. The Morgan fingerprint density at radius 1 is 1.06 bits per heavy atom. The van der Waals surface area contributed by atoms with Crippen molar-refractivity contribution in [2.75, 3.05) is 6.54 Å². The minimum atomic E-state index is 0.518. The molecule has 1 aliphatic carbocycles. The van der Waals surface area contributed by atoms with E-state index in [4.69, 9.17) is 0 Å². The van der Waals surface area contributed by atoms with Crippen LogP contribution in [0.25, 0.3) is 0 Å². The minimum absolute atomic E-state index is 0.518. The van der Waals surface area contributed by atoms with Crippen molar-refractivity contribution in [3.8, 4) is 0 Å². The molecule has 0 N–H and O–H groups in total. The summed E-state index contributed by atoms with van der Waals surface area (Å²) >= 11 is 0. The fraction of sp³-hybridized carbons (Fsp3) is 1.00. The number of likely N-dealkylation sites (tertiary alicyclic amines) is 1. The van der Waals surface area contributed by atoms with Gasteiger partial charge in [0.15, 0.2) is 0 Å². The summed E-state index contributed by atoms with van der Waals surface area (Å²) < 4.78 is 0. The van der Waals surface area contributed by atoms with Crippen LogP contribution in [0.2, 0.25) is 0 Å². The van der Waals surface area contributed by atoms with Gasteiger partial charge in [-0.05, 0) is 44.9 Å². The van der Waals surface area contributed by atoms with Crippen LogP contribution in [0.5, 0.6) is 0 Å². The first-order valence-electron chi connectivity index (χ1n) is 7.96. The molecular formula is C16H31N. The molecule has 1 aliphatic heterocycles. The lowest BCUT2D eigenvalue weighted by Gasteiger charge is -2.44. The Kier molecular flexibility index (Phi) is 4.52. The van der Waals surface area contributed by atoms with Crippen molar-refractivity contribution in [3.63, 3.8) is 0 Å². The highest BCUT2D eigenvalue weighted by molar-refractivity contribution is 5.00. The van der Waals surface area contributed by atoms with Gasteiger partial charge in [0, 0.05) is 18.1 Å². The number of hydrogen-bond acceptors (Lipinski definition) is 1. The van der Waals surface area contributed by atoms with Crippen LogP contribution in [-0.2, 0) is 0 Å². The van der Waals surface area contributed by atoms with Crippen molar-refractivity contribution < 1.29 is 0 Å². The maximum absolute atomic E-state index is 2.90. The van der Waals surface area contributed by atoms with E-state index in [9.17, 15) is 0 Å². The lowest BCUT2D eigenvalue weighted by molar-refractivity contribution is 0.0510. The Balaban J connectivity index is 1.95. The summed E-state index contributed by atoms with van der Waals surface area (Å²) in [5.74, 6) is 1.04. The molecule has 0 aromatic carbocycles. The van der Waals surface area contributed by atoms with Crippen LogP contribution in [0.15, 0.2) is 0 Å². The SMILES string of the molecule is CCCCCC(C)(CCC)N1CC2CCC1C2. The van der Waals surface area contributed by atoms with Crippen LogP contribution in [0.3, 0.4) is 0 Å². The molecule has 0 radical (unpaired) electrons. The zero-order valence-electron chi connectivity index (χ0n) is 12.2. The van der Waals surface area contributed by atoms with Gasteiger partial charge in [0.25, 0.3) is 0 Å². The number of nitrogens with zero attached hydrogens (tertiary/aromatic N) is 1. The maximum atomic E-state index is 2.90. The molecule has 1 heteroatoms. The monoisotopic (exact) mass is 237 g/mol. The third kappa shape index (κ3) is 2.86. The summed E-state index contributed by atoms with van der Waals surface area (Å²) in [6, 6.07) is 0.943. The smallest absolute Gasteiger partial charge is 0.0184 e. The van der Waals surface area contributed by atoms with Crippen LogP contribution in [0.4, 0.5) is 0 Å². The summed E-state index contributed by atoms with van der Waals surface area (Å²) in [6.45, 7) is 8.63. The summed E-state index contributed by atoms with van der Waals surface area (Å²) in [7, 11) is 0. The number of hydrogen-bond donors (Lipinski definition) is 0. The van der Waals surface area contributed by atoms with Gasteiger partial charge in [-0.25, -0.2) is 0 Å². The normalized spacial score (nSPS) is 31.9.